The number of hydroxylamine groups is 2. The molecule has 44 heavy (non-hydrogen) atoms. The molecule has 0 spiro atoms. The number of hydrogen-bond donors (Lipinski definition) is 1. The van der Waals surface area contributed by atoms with Crippen molar-refractivity contribution in [1.82, 2.24) is 19.9 Å². The molecule has 0 aliphatic carbocycles. The Hall–Kier alpha value is -3.83. The Labute approximate surface area is 263 Å². The van der Waals surface area contributed by atoms with E-state index in [0.717, 1.165) is 18.4 Å². The summed E-state index contributed by atoms with van der Waals surface area (Å²) in [6, 6.07) is 13.2. The maximum Gasteiger partial charge on any atom is 0.309 e. The lowest BCUT2D eigenvalue weighted by Crippen LogP contribution is -2.52. The standard InChI is InChI=1S/C32H29Cl2FN4O5/c1-43-39-30(41)25-12-11-24(19-5-7-20(33)8-6-19)26(16-22-10-9-21(34)18-37-22)28(25)32(39,35)27(40)17-23-4-2-3-14-38(23)31(42)29-36-13-15-44-29/h5-13,15,18,23,27,40H,2-4,14,16-17H2,1H3/t23?,27?,32-/m1/s1. The van der Waals surface area contributed by atoms with Gasteiger partial charge in [-0.05, 0) is 72.7 Å². The number of piperidine rings is 1. The number of nitrogens with zero attached hydrogens (tertiary/aromatic N) is 4. The van der Waals surface area contributed by atoms with Crippen LogP contribution in [-0.2, 0) is 17.1 Å². The van der Waals surface area contributed by atoms with E-state index in [1.54, 1.807) is 53.4 Å². The number of hydrogen-bond acceptors (Lipinski definition) is 7. The van der Waals surface area contributed by atoms with Crippen LogP contribution in [-0.4, -0.2) is 62.7 Å². The molecule has 228 valence electrons. The third kappa shape index (κ3) is 5.36. The van der Waals surface area contributed by atoms with Gasteiger partial charge in [0.1, 0.15) is 12.4 Å². The van der Waals surface area contributed by atoms with Gasteiger partial charge in [-0.25, -0.2) is 9.37 Å². The SMILES string of the molecule is CON1C(=O)c2ccc(-c3ccc(Cl)cc3)c(Cc3ccc(Cl)cn3)c2[C@@]1(F)C(O)CC1CCCCN1C(=O)c1ncco1. The van der Waals surface area contributed by atoms with Crippen molar-refractivity contribution in [3.05, 3.63) is 106 Å². The molecule has 0 radical (unpaired) electrons. The molecular formula is C32H29Cl2FN4O5. The number of fused-ring (bicyclic) bond motifs is 1. The molecule has 2 unspecified atom stereocenters. The molecule has 2 aromatic heterocycles. The zero-order valence-corrected chi connectivity index (χ0v) is 25.3. The van der Waals surface area contributed by atoms with E-state index < -0.39 is 29.8 Å². The highest BCUT2D eigenvalue weighted by Crippen LogP contribution is 2.49. The van der Waals surface area contributed by atoms with Gasteiger partial charge in [-0.15, -0.1) is 0 Å². The maximum absolute atomic E-state index is 17.9. The van der Waals surface area contributed by atoms with E-state index in [1.807, 2.05) is 0 Å². The van der Waals surface area contributed by atoms with Crippen LogP contribution in [0.2, 0.25) is 10.0 Å². The number of likely N-dealkylation sites (tertiary alicyclic amines) is 1. The van der Waals surface area contributed by atoms with Crippen LogP contribution in [0.3, 0.4) is 0 Å². The molecule has 0 saturated carbocycles. The minimum atomic E-state index is -2.79. The highest BCUT2D eigenvalue weighted by molar-refractivity contribution is 6.30. The molecular weight excluding hydrogens is 610 g/mol. The first-order valence-corrected chi connectivity index (χ1v) is 15.0. The van der Waals surface area contributed by atoms with Gasteiger partial charge in [0.15, 0.2) is 0 Å². The van der Waals surface area contributed by atoms with Gasteiger partial charge in [-0.1, -0.05) is 41.4 Å². The molecule has 12 heteroatoms. The molecule has 1 fully saturated rings. The largest absolute Gasteiger partial charge is 0.441 e. The Morgan fingerprint density at radius 2 is 1.86 bits per heavy atom. The lowest BCUT2D eigenvalue weighted by Gasteiger charge is -2.40. The van der Waals surface area contributed by atoms with Crippen molar-refractivity contribution in [2.24, 2.45) is 0 Å². The summed E-state index contributed by atoms with van der Waals surface area (Å²) in [5.74, 6) is -4.04. The van der Waals surface area contributed by atoms with Crippen molar-refractivity contribution in [2.75, 3.05) is 13.7 Å². The molecule has 9 nitrogen and oxygen atoms in total. The highest BCUT2D eigenvalue weighted by atomic mass is 35.5. The summed E-state index contributed by atoms with van der Waals surface area (Å²) in [6.07, 6.45) is 4.42. The number of benzene rings is 2. The van der Waals surface area contributed by atoms with Crippen LogP contribution >= 0.6 is 23.2 Å². The first-order chi connectivity index (χ1) is 21.2. The number of oxazole rings is 1. The fraction of sp³-hybridized carbons (Fsp3) is 0.312. The van der Waals surface area contributed by atoms with Gasteiger partial charge < -0.3 is 14.4 Å². The van der Waals surface area contributed by atoms with Gasteiger partial charge in [-0.2, -0.15) is 5.06 Å². The van der Waals surface area contributed by atoms with E-state index in [9.17, 15) is 14.7 Å². The van der Waals surface area contributed by atoms with Crippen LogP contribution in [0.15, 0.2) is 71.6 Å². The zero-order valence-electron chi connectivity index (χ0n) is 23.8. The molecule has 6 rings (SSSR count). The lowest BCUT2D eigenvalue weighted by atomic mass is 9.83. The quantitative estimate of drug-likeness (QED) is 0.228. The van der Waals surface area contributed by atoms with Crippen LogP contribution < -0.4 is 0 Å². The summed E-state index contributed by atoms with van der Waals surface area (Å²) in [5, 5.41) is 13.4. The number of amides is 2. The number of halogens is 3. The maximum atomic E-state index is 17.9. The minimum Gasteiger partial charge on any atom is -0.441 e. The number of aliphatic hydroxyl groups excluding tert-OH is 1. The Balaban J connectivity index is 1.45. The highest BCUT2D eigenvalue weighted by Gasteiger charge is 2.58. The third-order valence-corrected chi connectivity index (χ3v) is 8.77. The molecule has 0 bridgehead atoms. The van der Waals surface area contributed by atoms with Gasteiger partial charge in [0.25, 0.3) is 17.6 Å². The lowest BCUT2D eigenvalue weighted by molar-refractivity contribution is -0.248. The van der Waals surface area contributed by atoms with Gasteiger partial charge in [-0.3, -0.25) is 19.4 Å². The number of rotatable bonds is 8. The molecule has 4 heterocycles. The Bertz CT molecular complexity index is 1670. The molecule has 2 aliphatic heterocycles. The summed E-state index contributed by atoms with van der Waals surface area (Å²) >= 11 is 12.2. The van der Waals surface area contributed by atoms with Crippen molar-refractivity contribution in [1.29, 1.82) is 0 Å². The number of pyridine rings is 1. The second-order valence-electron chi connectivity index (χ2n) is 10.9. The van der Waals surface area contributed by atoms with Crippen LogP contribution in [0.4, 0.5) is 4.39 Å². The van der Waals surface area contributed by atoms with Gasteiger partial charge in [0, 0.05) is 41.5 Å². The Kier molecular flexibility index (Phi) is 8.43. The summed E-state index contributed by atoms with van der Waals surface area (Å²) in [6.45, 7) is 0.398. The van der Waals surface area contributed by atoms with E-state index in [1.165, 1.54) is 25.8 Å². The predicted molar refractivity (Wildman–Crippen MR) is 161 cm³/mol. The van der Waals surface area contributed by atoms with Crippen molar-refractivity contribution in [2.45, 2.75) is 50.0 Å². The zero-order chi connectivity index (χ0) is 31.0. The Morgan fingerprint density at radius 3 is 2.55 bits per heavy atom. The van der Waals surface area contributed by atoms with Crippen LogP contribution in [0, 0.1) is 0 Å². The van der Waals surface area contributed by atoms with Gasteiger partial charge in [0.05, 0.1) is 23.9 Å². The number of alkyl halides is 1. The van der Waals surface area contributed by atoms with E-state index >= 15 is 4.39 Å². The monoisotopic (exact) mass is 638 g/mol. The van der Waals surface area contributed by atoms with Gasteiger partial charge in [0.2, 0.25) is 0 Å². The van der Waals surface area contributed by atoms with Crippen LogP contribution in [0.1, 0.15) is 63.5 Å². The molecule has 1 N–H and O–H groups in total. The van der Waals surface area contributed by atoms with Crippen molar-refractivity contribution < 1.29 is 28.3 Å². The predicted octanol–water partition coefficient (Wildman–Crippen LogP) is 6.22. The summed E-state index contributed by atoms with van der Waals surface area (Å²) in [7, 11) is 1.18. The van der Waals surface area contributed by atoms with Crippen molar-refractivity contribution in [3.63, 3.8) is 0 Å². The van der Waals surface area contributed by atoms with Crippen LogP contribution in [0.25, 0.3) is 11.1 Å². The Morgan fingerprint density at radius 1 is 1.11 bits per heavy atom. The summed E-state index contributed by atoms with van der Waals surface area (Å²) in [5.41, 5.74) is 2.44. The first-order valence-electron chi connectivity index (χ1n) is 14.2. The van der Waals surface area contributed by atoms with E-state index in [2.05, 4.69) is 9.97 Å². The fourth-order valence-corrected chi connectivity index (χ4v) is 6.50. The number of aliphatic hydroxyl groups is 1. The minimum absolute atomic E-state index is 0.0116. The third-order valence-electron chi connectivity index (χ3n) is 8.30. The summed E-state index contributed by atoms with van der Waals surface area (Å²) in [4.78, 5) is 42.1. The number of carbonyl (C=O) groups excluding carboxylic acids is 2. The van der Waals surface area contributed by atoms with Crippen molar-refractivity contribution >= 4 is 35.0 Å². The molecule has 4 aromatic rings. The smallest absolute Gasteiger partial charge is 0.309 e. The normalized spacial score (nSPS) is 20.6. The molecule has 3 atom stereocenters. The summed E-state index contributed by atoms with van der Waals surface area (Å²) < 4.78 is 23.1. The molecule has 1 saturated heterocycles. The van der Waals surface area contributed by atoms with Gasteiger partial charge >= 0.3 is 5.91 Å². The average molecular weight is 640 g/mol. The molecule has 2 amide bonds. The fourth-order valence-electron chi connectivity index (χ4n) is 6.26. The second-order valence-corrected chi connectivity index (χ2v) is 11.7. The second kappa shape index (κ2) is 12.3. The van der Waals surface area contributed by atoms with E-state index in [0.29, 0.717) is 44.9 Å². The van der Waals surface area contributed by atoms with E-state index in [4.69, 9.17) is 32.5 Å². The average Bonchev–Trinajstić information content (AvgIpc) is 3.65. The number of carbonyl (C=O) groups is 2. The topological polar surface area (TPSA) is 109 Å². The molecule has 2 aromatic carbocycles. The number of aromatic nitrogens is 2. The van der Waals surface area contributed by atoms with E-state index in [-0.39, 0.29) is 29.9 Å². The van der Waals surface area contributed by atoms with Crippen molar-refractivity contribution in [3.8, 4) is 11.1 Å². The first kappa shape index (κ1) is 30.2. The van der Waals surface area contributed by atoms with Crippen LogP contribution in [0.5, 0.6) is 0 Å². The molecule has 2 aliphatic rings.